The van der Waals surface area contributed by atoms with Gasteiger partial charge in [0.1, 0.15) is 5.76 Å². The number of carbonyl (C=O) groups excluding carboxylic acids is 2. The van der Waals surface area contributed by atoms with Crippen molar-refractivity contribution < 1.29 is 24.2 Å². The van der Waals surface area contributed by atoms with Gasteiger partial charge < -0.3 is 24.4 Å². The summed E-state index contributed by atoms with van der Waals surface area (Å²) in [4.78, 5) is 30.6. The van der Waals surface area contributed by atoms with Crippen molar-refractivity contribution in [1.29, 1.82) is 0 Å². The van der Waals surface area contributed by atoms with Crippen molar-refractivity contribution >= 4 is 17.4 Å². The molecule has 1 atom stereocenters. The first-order valence-corrected chi connectivity index (χ1v) is 14.3. The summed E-state index contributed by atoms with van der Waals surface area (Å²) in [6, 6.07) is 12.1. The van der Waals surface area contributed by atoms with Crippen LogP contribution in [0.2, 0.25) is 0 Å². The van der Waals surface area contributed by atoms with Gasteiger partial charge >= 0.3 is 0 Å². The van der Waals surface area contributed by atoms with Crippen molar-refractivity contribution in [2.24, 2.45) is 0 Å². The largest absolute Gasteiger partial charge is 0.507 e. The lowest BCUT2D eigenvalue weighted by Gasteiger charge is -2.27. The molecule has 3 rings (SSSR count). The Bertz CT molecular complexity index is 1140. The number of aliphatic hydroxyl groups is 1. The van der Waals surface area contributed by atoms with E-state index in [9.17, 15) is 14.7 Å². The summed E-state index contributed by atoms with van der Waals surface area (Å²) in [6.45, 7) is 14.3. The quantitative estimate of drug-likeness (QED) is 0.128. The van der Waals surface area contributed by atoms with E-state index in [4.69, 9.17) is 9.47 Å². The van der Waals surface area contributed by atoms with Crippen LogP contribution in [-0.2, 0) is 9.59 Å². The highest BCUT2D eigenvalue weighted by molar-refractivity contribution is 6.46. The number of ether oxygens (including phenoxy) is 2. The predicted molar refractivity (Wildman–Crippen MR) is 155 cm³/mol. The number of nitrogens with zero attached hydrogens (tertiary/aromatic N) is 2. The Labute approximate surface area is 233 Å². The minimum absolute atomic E-state index is 0.103. The molecule has 0 aromatic heterocycles. The lowest BCUT2D eigenvalue weighted by molar-refractivity contribution is -0.140. The first kappa shape index (κ1) is 30.2. The number of carbonyl (C=O) groups is 2. The Morgan fingerprint density at radius 3 is 2.28 bits per heavy atom. The number of aryl methyl sites for hydroxylation is 1. The summed E-state index contributed by atoms with van der Waals surface area (Å²) < 4.78 is 11.9. The van der Waals surface area contributed by atoms with Gasteiger partial charge in [0.25, 0.3) is 11.7 Å². The van der Waals surface area contributed by atoms with Gasteiger partial charge in [0.2, 0.25) is 0 Å². The van der Waals surface area contributed by atoms with Crippen LogP contribution in [0.25, 0.3) is 5.76 Å². The van der Waals surface area contributed by atoms with E-state index in [0.717, 1.165) is 44.5 Å². The molecule has 1 unspecified atom stereocenters. The number of likely N-dealkylation sites (tertiary alicyclic amines) is 1. The van der Waals surface area contributed by atoms with Crippen molar-refractivity contribution in [3.05, 3.63) is 64.7 Å². The van der Waals surface area contributed by atoms with Crippen LogP contribution in [0.4, 0.5) is 0 Å². The number of Topliss-reactive ketones (excluding diaryl/α,β-unsaturated/α-hetero) is 1. The van der Waals surface area contributed by atoms with Gasteiger partial charge in [0.05, 0.1) is 24.8 Å². The van der Waals surface area contributed by atoms with E-state index in [-0.39, 0.29) is 11.3 Å². The van der Waals surface area contributed by atoms with E-state index in [1.807, 2.05) is 44.2 Å². The molecule has 0 saturated carbocycles. The summed E-state index contributed by atoms with van der Waals surface area (Å²) in [5, 5.41) is 11.3. The molecule has 1 aliphatic rings. The number of amides is 1. The van der Waals surface area contributed by atoms with Gasteiger partial charge in [-0.15, -0.1) is 0 Å². The molecular weight excluding hydrogens is 492 g/mol. The number of rotatable bonds is 15. The normalized spacial score (nSPS) is 16.8. The standard InChI is InChI=1S/C32H44N2O5/c1-6-10-11-21-39-26-18-17-25(22-27(26)38-9-4)29-28(30(35)24-15-13-23(5)14-16-24)31(36)32(37)34(29)20-12-19-33(7-2)8-3/h13-18,22,29,35H,6-12,19-21H2,1-5H3/b30-28+. The van der Waals surface area contributed by atoms with Gasteiger partial charge in [0, 0.05) is 12.1 Å². The minimum atomic E-state index is -0.726. The SMILES string of the molecule is CCCCCOc1ccc(C2/C(=C(\O)c3ccc(C)cc3)C(=O)C(=O)N2CCCN(CC)CC)cc1OCC. The maximum Gasteiger partial charge on any atom is 0.295 e. The molecule has 212 valence electrons. The molecule has 0 spiro atoms. The molecule has 1 N–H and O–H groups in total. The molecular formula is C32H44N2O5. The number of hydrogen-bond acceptors (Lipinski definition) is 6. The van der Waals surface area contributed by atoms with Crippen LogP contribution < -0.4 is 9.47 Å². The number of hydrogen-bond donors (Lipinski definition) is 1. The minimum Gasteiger partial charge on any atom is -0.507 e. The van der Waals surface area contributed by atoms with E-state index in [1.165, 1.54) is 0 Å². The van der Waals surface area contributed by atoms with Crippen LogP contribution in [0.15, 0.2) is 48.0 Å². The van der Waals surface area contributed by atoms with Crippen LogP contribution in [0.3, 0.4) is 0 Å². The molecule has 1 aliphatic heterocycles. The van der Waals surface area contributed by atoms with Crippen molar-refractivity contribution in [3.63, 3.8) is 0 Å². The fourth-order valence-electron chi connectivity index (χ4n) is 4.95. The maximum absolute atomic E-state index is 13.4. The lowest BCUT2D eigenvalue weighted by atomic mass is 9.94. The summed E-state index contributed by atoms with van der Waals surface area (Å²) in [7, 11) is 0. The van der Waals surface area contributed by atoms with E-state index in [0.29, 0.717) is 48.8 Å². The van der Waals surface area contributed by atoms with Gasteiger partial charge in [-0.05, 0) is 64.0 Å². The fraction of sp³-hybridized carbons (Fsp3) is 0.500. The summed E-state index contributed by atoms with van der Waals surface area (Å²) in [5.41, 5.74) is 2.35. The van der Waals surface area contributed by atoms with E-state index in [1.54, 1.807) is 17.0 Å². The third-order valence-corrected chi connectivity index (χ3v) is 7.22. The van der Waals surface area contributed by atoms with Crippen molar-refractivity contribution in [2.45, 2.75) is 66.3 Å². The van der Waals surface area contributed by atoms with E-state index in [2.05, 4.69) is 25.7 Å². The number of aliphatic hydroxyl groups excluding tert-OH is 1. The number of benzene rings is 2. The van der Waals surface area contributed by atoms with Gasteiger partial charge in [-0.2, -0.15) is 0 Å². The molecule has 7 nitrogen and oxygen atoms in total. The summed E-state index contributed by atoms with van der Waals surface area (Å²) in [6.07, 6.45) is 3.86. The molecule has 1 fully saturated rings. The molecule has 2 aromatic rings. The molecule has 2 aromatic carbocycles. The summed E-state index contributed by atoms with van der Waals surface area (Å²) in [5.74, 6) is -0.225. The number of unbranched alkanes of at least 4 members (excludes halogenated alkanes) is 2. The fourth-order valence-corrected chi connectivity index (χ4v) is 4.95. The Hall–Kier alpha value is -3.32. The predicted octanol–water partition coefficient (Wildman–Crippen LogP) is 6.12. The zero-order valence-electron chi connectivity index (χ0n) is 24.2. The highest BCUT2D eigenvalue weighted by Crippen LogP contribution is 2.42. The second-order valence-corrected chi connectivity index (χ2v) is 9.93. The maximum atomic E-state index is 13.4. The Balaban J connectivity index is 2.04. The first-order valence-electron chi connectivity index (χ1n) is 14.3. The molecule has 7 heteroatoms. The molecule has 0 aliphatic carbocycles. The average molecular weight is 537 g/mol. The second kappa shape index (κ2) is 14.7. The van der Waals surface area contributed by atoms with Gasteiger partial charge in [-0.1, -0.05) is 69.5 Å². The summed E-state index contributed by atoms with van der Waals surface area (Å²) >= 11 is 0. The highest BCUT2D eigenvalue weighted by atomic mass is 16.5. The third-order valence-electron chi connectivity index (χ3n) is 7.22. The van der Waals surface area contributed by atoms with Crippen LogP contribution in [-0.4, -0.2) is 66.0 Å². The smallest absolute Gasteiger partial charge is 0.295 e. The molecule has 0 radical (unpaired) electrons. The van der Waals surface area contributed by atoms with E-state index >= 15 is 0 Å². The molecule has 1 saturated heterocycles. The van der Waals surface area contributed by atoms with Crippen molar-refractivity contribution in [2.75, 3.05) is 39.4 Å². The third kappa shape index (κ3) is 7.41. The van der Waals surface area contributed by atoms with Gasteiger partial charge in [-0.25, -0.2) is 0 Å². The van der Waals surface area contributed by atoms with Crippen LogP contribution in [0, 0.1) is 6.92 Å². The van der Waals surface area contributed by atoms with Crippen molar-refractivity contribution in [3.8, 4) is 11.5 Å². The van der Waals surface area contributed by atoms with Crippen molar-refractivity contribution in [1.82, 2.24) is 9.80 Å². The monoisotopic (exact) mass is 536 g/mol. The first-order chi connectivity index (χ1) is 18.9. The zero-order chi connectivity index (χ0) is 28.4. The molecule has 0 bridgehead atoms. The van der Waals surface area contributed by atoms with Gasteiger partial charge in [-0.3, -0.25) is 9.59 Å². The zero-order valence-corrected chi connectivity index (χ0v) is 24.2. The molecule has 39 heavy (non-hydrogen) atoms. The molecule has 1 heterocycles. The topological polar surface area (TPSA) is 79.3 Å². The highest BCUT2D eigenvalue weighted by Gasteiger charge is 2.46. The van der Waals surface area contributed by atoms with Gasteiger partial charge in [0.15, 0.2) is 11.5 Å². The average Bonchev–Trinajstić information content (AvgIpc) is 3.19. The van der Waals surface area contributed by atoms with Crippen LogP contribution in [0.5, 0.6) is 11.5 Å². The van der Waals surface area contributed by atoms with Crippen LogP contribution in [0.1, 0.15) is 76.1 Å². The lowest BCUT2D eigenvalue weighted by Crippen LogP contribution is -2.33. The Morgan fingerprint density at radius 2 is 1.64 bits per heavy atom. The second-order valence-electron chi connectivity index (χ2n) is 9.93. The van der Waals surface area contributed by atoms with E-state index < -0.39 is 17.7 Å². The Morgan fingerprint density at radius 1 is 0.923 bits per heavy atom. The number of ketones is 1. The Kier molecular flexibility index (Phi) is 11.4. The van der Waals surface area contributed by atoms with Crippen LogP contribution >= 0.6 is 0 Å². The molecule has 1 amide bonds.